The lowest BCUT2D eigenvalue weighted by Crippen LogP contribution is -2.42. The lowest BCUT2D eigenvalue weighted by Gasteiger charge is -2.25. The molecule has 0 aromatic rings. The smallest absolute Gasteiger partial charge is 0.316 e. The van der Waals surface area contributed by atoms with Crippen molar-refractivity contribution in [3.63, 3.8) is 0 Å². The topological polar surface area (TPSA) is 66.4 Å². The van der Waals surface area contributed by atoms with E-state index in [0.29, 0.717) is 13.0 Å². The molecule has 0 saturated carbocycles. The minimum Gasteiger partial charge on any atom is -0.481 e. The van der Waals surface area contributed by atoms with Gasteiger partial charge < -0.3 is 10.4 Å². The first-order chi connectivity index (χ1) is 7.30. The van der Waals surface area contributed by atoms with Crippen LogP contribution in [-0.4, -0.2) is 23.5 Å². The Morgan fingerprint density at radius 3 is 2.31 bits per heavy atom. The largest absolute Gasteiger partial charge is 0.481 e. The van der Waals surface area contributed by atoms with Gasteiger partial charge >= 0.3 is 5.97 Å². The molecular weight excluding hydrogens is 206 g/mol. The van der Waals surface area contributed by atoms with E-state index in [1.807, 2.05) is 0 Å². The van der Waals surface area contributed by atoms with Crippen LogP contribution in [0.15, 0.2) is 0 Å². The predicted octanol–water partition coefficient (Wildman–Crippen LogP) is 1.26. The Kier molecular flexibility index (Phi) is 5.59. The fourth-order valence-electron chi connectivity index (χ4n) is 1.35. The first-order valence-corrected chi connectivity index (χ1v) is 5.20. The Balaban J connectivity index is 4.40. The molecule has 4 nitrogen and oxygen atoms in total. The van der Waals surface area contributed by atoms with Gasteiger partial charge in [-0.15, -0.1) is 11.8 Å². The van der Waals surface area contributed by atoms with Gasteiger partial charge in [0.05, 0.1) is 0 Å². The molecule has 0 spiro atoms. The minimum atomic E-state index is -1.09. The van der Waals surface area contributed by atoms with Crippen molar-refractivity contribution in [2.75, 3.05) is 6.54 Å². The van der Waals surface area contributed by atoms with Crippen molar-refractivity contribution in [2.24, 2.45) is 11.3 Å². The summed E-state index contributed by atoms with van der Waals surface area (Å²) in [6, 6.07) is 0. The van der Waals surface area contributed by atoms with E-state index in [1.165, 1.54) is 0 Å². The van der Waals surface area contributed by atoms with Crippen molar-refractivity contribution in [3.8, 4) is 11.8 Å². The van der Waals surface area contributed by atoms with E-state index in [0.717, 1.165) is 0 Å². The Morgan fingerprint density at radius 1 is 1.38 bits per heavy atom. The number of aliphatic carboxylic acids is 1. The second-order valence-electron chi connectivity index (χ2n) is 4.61. The van der Waals surface area contributed by atoms with Crippen LogP contribution in [0.4, 0.5) is 0 Å². The highest BCUT2D eigenvalue weighted by molar-refractivity contribution is 5.97. The number of carbonyl (C=O) groups is 2. The molecule has 1 amide bonds. The maximum absolute atomic E-state index is 11.7. The van der Waals surface area contributed by atoms with Crippen LogP contribution in [0.3, 0.4) is 0 Å². The number of nitrogens with one attached hydrogen (secondary N) is 1. The van der Waals surface area contributed by atoms with Gasteiger partial charge in [0.25, 0.3) is 0 Å². The van der Waals surface area contributed by atoms with Crippen LogP contribution in [0.25, 0.3) is 0 Å². The lowest BCUT2D eigenvalue weighted by atomic mass is 9.80. The lowest BCUT2D eigenvalue weighted by molar-refractivity contribution is -0.151. The van der Waals surface area contributed by atoms with Crippen LogP contribution in [0.5, 0.6) is 0 Å². The van der Waals surface area contributed by atoms with Crippen LogP contribution in [0, 0.1) is 23.2 Å². The molecule has 1 unspecified atom stereocenters. The molecule has 0 saturated heterocycles. The van der Waals surface area contributed by atoms with Gasteiger partial charge in [0.1, 0.15) is 5.92 Å². The second-order valence-corrected chi connectivity index (χ2v) is 4.61. The molecule has 0 rings (SSSR count). The van der Waals surface area contributed by atoms with Crippen molar-refractivity contribution in [1.29, 1.82) is 0 Å². The third-order valence-corrected chi connectivity index (χ3v) is 2.10. The molecule has 1 atom stereocenters. The van der Waals surface area contributed by atoms with Gasteiger partial charge in [0, 0.05) is 13.0 Å². The summed E-state index contributed by atoms with van der Waals surface area (Å²) in [6.07, 6.45) is 0.540. The zero-order chi connectivity index (χ0) is 12.8. The molecular formula is C12H19NO3. The van der Waals surface area contributed by atoms with Crippen molar-refractivity contribution in [3.05, 3.63) is 0 Å². The summed E-state index contributed by atoms with van der Waals surface area (Å²) in [4.78, 5) is 22.6. The van der Waals surface area contributed by atoms with E-state index >= 15 is 0 Å². The van der Waals surface area contributed by atoms with Crippen LogP contribution >= 0.6 is 0 Å². The van der Waals surface area contributed by atoms with E-state index in [-0.39, 0.29) is 0 Å². The SMILES string of the molecule is CC#CCCNC(=O)C(C(=O)O)C(C)(C)C. The molecule has 0 aliphatic carbocycles. The maximum atomic E-state index is 11.7. The Hall–Kier alpha value is -1.50. The number of rotatable bonds is 4. The van der Waals surface area contributed by atoms with Gasteiger partial charge in [0.15, 0.2) is 0 Å². The van der Waals surface area contributed by atoms with Gasteiger partial charge in [0.2, 0.25) is 5.91 Å². The zero-order valence-corrected chi connectivity index (χ0v) is 10.3. The average Bonchev–Trinajstić information content (AvgIpc) is 2.09. The van der Waals surface area contributed by atoms with Gasteiger partial charge in [-0.25, -0.2) is 0 Å². The number of hydrogen-bond donors (Lipinski definition) is 2. The number of carboxylic acid groups (broad SMARTS) is 1. The quantitative estimate of drug-likeness (QED) is 0.430. The highest BCUT2D eigenvalue weighted by Gasteiger charge is 2.37. The fourth-order valence-corrected chi connectivity index (χ4v) is 1.35. The molecule has 0 aliphatic rings. The first-order valence-electron chi connectivity index (χ1n) is 5.20. The van der Waals surface area contributed by atoms with Crippen molar-refractivity contribution < 1.29 is 14.7 Å². The van der Waals surface area contributed by atoms with Crippen molar-refractivity contribution >= 4 is 11.9 Å². The first kappa shape index (κ1) is 14.5. The Bertz CT molecular complexity index is 317. The number of carboxylic acids is 1. The molecule has 90 valence electrons. The molecule has 4 heteroatoms. The normalized spacial score (nSPS) is 12.2. The molecule has 0 aromatic heterocycles. The number of carbonyl (C=O) groups excluding carboxylic acids is 1. The van der Waals surface area contributed by atoms with Gasteiger partial charge in [-0.05, 0) is 12.3 Å². The third-order valence-electron chi connectivity index (χ3n) is 2.10. The van der Waals surface area contributed by atoms with E-state index < -0.39 is 23.2 Å². The van der Waals surface area contributed by atoms with Crippen LogP contribution in [0.1, 0.15) is 34.1 Å². The Morgan fingerprint density at radius 2 is 1.94 bits per heavy atom. The molecule has 0 bridgehead atoms. The molecule has 0 fully saturated rings. The highest BCUT2D eigenvalue weighted by Crippen LogP contribution is 2.26. The second kappa shape index (κ2) is 6.16. The zero-order valence-electron chi connectivity index (χ0n) is 10.3. The number of hydrogen-bond acceptors (Lipinski definition) is 2. The summed E-state index contributed by atoms with van der Waals surface area (Å²) in [6.45, 7) is 7.31. The molecule has 0 aliphatic heterocycles. The van der Waals surface area contributed by atoms with Gasteiger partial charge in [-0.1, -0.05) is 20.8 Å². The van der Waals surface area contributed by atoms with Crippen molar-refractivity contribution in [2.45, 2.75) is 34.1 Å². The van der Waals surface area contributed by atoms with Crippen LogP contribution in [0.2, 0.25) is 0 Å². The standard InChI is InChI=1S/C12H19NO3/c1-5-6-7-8-13-10(14)9(11(15)16)12(2,3)4/h9H,7-8H2,1-4H3,(H,13,14)(H,15,16). The molecule has 2 N–H and O–H groups in total. The maximum Gasteiger partial charge on any atom is 0.316 e. The summed E-state index contributed by atoms with van der Waals surface area (Å²) in [5.74, 6) is 2.94. The molecule has 0 radical (unpaired) electrons. The summed E-state index contributed by atoms with van der Waals surface area (Å²) >= 11 is 0. The van der Waals surface area contributed by atoms with Crippen LogP contribution in [-0.2, 0) is 9.59 Å². The molecule has 0 heterocycles. The van der Waals surface area contributed by atoms with E-state index in [4.69, 9.17) is 5.11 Å². The van der Waals surface area contributed by atoms with Gasteiger partial charge in [-0.2, -0.15) is 0 Å². The van der Waals surface area contributed by atoms with Gasteiger partial charge in [-0.3, -0.25) is 9.59 Å². The summed E-state index contributed by atoms with van der Waals surface area (Å²) in [5.41, 5.74) is -0.591. The van der Waals surface area contributed by atoms with Crippen LogP contribution < -0.4 is 5.32 Å². The average molecular weight is 225 g/mol. The van der Waals surface area contributed by atoms with Crippen molar-refractivity contribution in [1.82, 2.24) is 5.32 Å². The third kappa shape index (κ3) is 4.83. The highest BCUT2D eigenvalue weighted by atomic mass is 16.4. The van der Waals surface area contributed by atoms with E-state index in [9.17, 15) is 9.59 Å². The summed E-state index contributed by atoms with van der Waals surface area (Å²) in [7, 11) is 0. The summed E-state index contributed by atoms with van der Waals surface area (Å²) in [5, 5.41) is 11.6. The fraction of sp³-hybridized carbons (Fsp3) is 0.667. The molecule has 0 aromatic carbocycles. The number of amides is 1. The monoisotopic (exact) mass is 225 g/mol. The minimum absolute atomic E-state index is 0.388. The Labute approximate surface area is 96.4 Å². The van der Waals surface area contributed by atoms with E-state index in [1.54, 1.807) is 27.7 Å². The van der Waals surface area contributed by atoms with E-state index in [2.05, 4.69) is 17.2 Å². The predicted molar refractivity (Wildman–Crippen MR) is 61.7 cm³/mol. The summed E-state index contributed by atoms with van der Waals surface area (Å²) < 4.78 is 0. The molecule has 16 heavy (non-hydrogen) atoms.